The van der Waals surface area contributed by atoms with Crippen LogP contribution < -0.4 is 4.90 Å². The van der Waals surface area contributed by atoms with Gasteiger partial charge >= 0.3 is 0 Å². The number of fused-ring (bicyclic) bond motifs is 1. The molecule has 2 aliphatic rings. The molecule has 0 aromatic carbocycles. The second-order valence-corrected chi connectivity index (χ2v) is 6.77. The maximum absolute atomic E-state index is 6.08. The van der Waals surface area contributed by atoms with Crippen LogP contribution in [0.5, 0.6) is 0 Å². The molecule has 21 heavy (non-hydrogen) atoms. The third-order valence-corrected chi connectivity index (χ3v) is 5.13. The lowest BCUT2D eigenvalue weighted by atomic mass is 10.1. The number of hydrogen-bond acceptors (Lipinski definition) is 3. The summed E-state index contributed by atoms with van der Waals surface area (Å²) in [5, 5.41) is 0. The van der Waals surface area contributed by atoms with Gasteiger partial charge in [0.05, 0.1) is 0 Å². The SMILES string of the molecule is CCCc1cc(CCl)cc(N2CC3CCCN3CC2C)n1. The summed E-state index contributed by atoms with van der Waals surface area (Å²) in [6.45, 7) is 8.09. The van der Waals surface area contributed by atoms with Crippen molar-refractivity contribution >= 4 is 17.4 Å². The van der Waals surface area contributed by atoms with Crippen LogP contribution in [0.2, 0.25) is 0 Å². The zero-order valence-corrected chi connectivity index (χ0v) is 13.9. The fraction of sp³-hybridized carbons (Fsp3) is 0.706. The van der Waals surface area contributed by atoms with Gasteiger partial charge in [-0.15, -0.1) is 11.6 Å². The topological polar surface area (TPSA) is 19.4 Å². The highest BCUT2D eigenvalue weighted by Gasteiger charge is 2.34. The highest BCUT2D eigenvalue weighted by Crippen LogP contribution is 2.28. The number of hydrogen-bond donors (Lipinski definition) is 0. The molecule has 0 amide bonds. The minimum atomic E-state index is 0.534. The molecule has 3 nitrogen and oxygen atoms in total. The number of pyridine rings is 1. The summed E-state index contributed by atoms with van der Waals surface area (Å²) in [7, 11) is 0. The van der Waals surface area contributed by atoms with E-state index < -0.39 is 0 Å². The summed E-state index contributed by atoms with van der Waals surface area (Å²) in [6.07, 6.45) is 4.85. The molecule has 2 saturated heterocycles. The largest absolute Gasteiger partial charge is 0.351 e. The first-order valence-corrected chi connectivity index (χ1v) is 8.81. The smallest absolute Gasteiger partial charge is 0.129 e. The summed E-state index contributed by atoms with van der Waals surface area (Å²) >= 11 is 6.08. The second-order valence-electron chi connectivity index (χ2n) is 6.50. The van der Waals surface area contributed by atoms with Crippen LogP contribution in [-0.2, 0) is 12.3 Å². The van der Waals surface area contributed by atoms with Crippen molar-refractivity contribution in [2.75, 3.05) is 24.5 Å². The molecule has 2 unspecified atom stereocenters. The van der Waals surface area contributed by atoms with E-state index in [9.17, 15) is 0 Å². The van der Waals surface area contributed by atoms with Gasteiger partial charge in [0.2, 0.25) is 0 Å². The minimum absolute atomic E-state index is 0.534. The van der Waals surface area contributed by atoms with Crippen molar-refractivity contribution < 1.29 is 0 Å². The average molecular weight is 308 g/mol. The third-order valence-electron chi connectivity index (χ3n) is 4.82. The van der Waals surface area contributed by atoms with E-state index in [0.717, 1.165) is 31.2 Å². The number of nitrogens with zero attached hydrogens (tertiary/aromatic N) is 3. The average Bonchev–Trinajstić information content (AvgIpc) is 2.93. The Bertz CT molecular complexity index is 491. The Morgan fingerprint density at radius 3 is 2.95 bits per heavy atom. The molecule has 3 rings (SSSR count). The van der Waals surface area contributed by atoms with E-state index >= 15 is 0 Å². The third kappa shape index (κ3) is 3.19. The van der Waals surface area contributed by atoms with Gasteiger partial charge in [-0.3, -0.25) is 4.90 Å². The van der Waals surface area contributed by atoms with E-state index in [1.54, 1.807) is 0 Å². The first-order valence-electron chi connectivity index (χ1n) is 8.27. The van der Waals surface area contributed by atoms with Crippen LogP contribution in [0.1, 0.15) is 44.4 Å². The Kier molecular flexibility index (Phi) is 4.70. The first-order chi connectivity index (χ1) is 10.2. The van der Waals surface area contributed by atoms with Crippen LogP contribution in [0.15, 0.2) is 12.1 Å². The predicted molar refractivity (Wildman–Crippen MR) is 89.2 cm³/mol. The highest BCUT2D eigenvalue weighted by atomic mass is 35.5. The van der Waals surface area contributed by atoms with Crippen molar-refractivity contribution in [2.24, 2.45) is 0 Å². The summed E-state index contributed by atoms with van der Waals surface area (Å²) in [4.78, 5) is 10.1. The monoisotopic (exact) mass is 307 g/mol. The van der Waals surface area contributed by atoms with E-state index in [1.807, 2.05) is 0 Å². The van der Waals surface area contributed by atoms with Gasteiger partial charge in [-0.1, -0.05) is 13.3 Å². The summed E-state index contributed by atoms with van der Waals surface area (Å²) in [5.41, 5.74) is 2.39. The molecule has 116 valence electrons. The lowest BCUT2D eigenvalue weighted by Crippen LogP contribution is -2.55. The van der Waals surface area contributed by atoms with Crippen LogP contribution >= 0.6 is 11.6 Å². The van der Waals surface area contributed by atoms with Gasteiger partial charge < -0.3 is 4.90 Å². The summed E-state index contributed by atoms with van der Waals surface area (Å²) in [6, 6.07) is 5.60. The molecular formula is C17H26ClN3. The van der Waals surface area contributed by atoms with Gasteiger partial charge in [0.1, 0.15) is 5.82 Å². The standard InChI is InChI=1S/C17H26ClN3/c1-3-5-15-8-14(10-18)9-17(19-15)21-12-16-6-4-7-20(16)11-13(21)2/h8-9,13,16H,3-7,10-12H2,1-2H3. The zero-order chi connectivity index (χ0) is 14.8. The number of aromatic nitrogens is 1. The van der Waals surface area contributed by atoms with Gasteiger partial charge in [0.25, 0.3) is 0 Å². The molecule has 0 N–H and O–H groups in total. The summed E-state index contributed by atoms with van der Waals surface area (Å²) in [5.74, 6) is 1.71. The van der Waals surface area contributed by atoms with Crippen molar-refractivity contribution in [3.8, 4) is 0 Å². The molecule has 4 heteroatoms. The van der Waals surface area contributed by atoms with E-state index in [4.69, 9.17) is 16.6 Å². The van der Waals surface area contributed by atoms with Gasteiger partial charge in [0, 0.05) is 36.7 Å². The van der Waals surface area contributed by atoms with Gasteiger partial charge in [-0.2, -0.15) is 0 Å². The van der Waals surface area contributed by atoms with Gasteiger partial charge in [-0.05, 0) is 50.4 Å². The zero-order valence-electron chi connectivity index (χ0n) is 13.2. The number of anilines is 1. The fourth-order valence-corrected chi connectivity index (χ4v) is 3.90. The Hall–Kier alpha value is -0.800. The number of alkyl halides is 1. The molecule has 1 aromatic heterocycles. The normalized spacial score (nSPS) is 26.1. The quantitative estimate of drug-likeness (QED) is 0.794. The lowest BCUT2D eigenvalue weighted by molar-refractivity contribution is 0.202. The predicted octanol–water partition coefficient (Wildman–Crippen LogP) is 3.45. The molecule has 0 bridgehead atoms. The van der Waals surface area contributed by atoms with Crippen LogP contribution in [0.25, 0.3) is 0 Å². The molecule has 1 aromatic rings. The Morgan fingerprint density at radius 2 is 2.19 bits per heavy atom. The van der Waals surface area contributed by atoms with E-state index in [2.05, 4.69) is 35.8 Å². The van der Waals surface area contributed by atoms with Crippen molar-refractivity contribution in [2.45, 2.75) is 57.5 Å². The first kappa shape index (κ1) is 15.1. The molecule has 2 aliphatic heterocycles. The fourth-order valence-electron chi connectivity index (χ4n) is 3.75. The number of aryl methyl sites for hydroxylation is 1. The summed E-state index contributed by atoms with van der Waals surface area (Å²) < 4.78 is 0. The van der Waals surface area contributed by atoms with Gasteiger partial charge in [0.15, 0.2) is 0 Å². The molecule has 0 aliphatic carbocycles. The van der Waals surface area contributed by atoms with Gasteiger partial charge in [-0.25, -0.2) is 4.98 Å². The van der Waals surface area contributed by atoms with E-state index in [0.29, 0.717) is 11.9 Å². The molecule has 2 fully saturated rings. The maximum atomic E-state index is 6.08. The minimum Gasteiger partial charge on any atom is -0.351 e. The second kappa shape index (κ2) is 6.53. The molecule has 3 heterocycles. The molecule has 0 saturated carbocycles. The maximum Gasteiger partial charge on any atom is 0.129 e. The number of piperazine rings is 1. The van der Waals surface area contributed by atoms with Crippen LogP contribution in [0.3, 0.4) is 0 Å². The molecule has 2 atom stereocenters. The van der Waals surface area contributed by atoms with Crippen LogP contribution in [0, 0.1) is 0 Å². The molecular weight excluding hydrogens is 282 g/mol. The van der Waals surface area contributed by atoms with Crippen LogP contribution in [0.4, 0.5) is 5.82 Å². The van der Waals surface area contributed by atoms with Crippen molar-refractivity contribution in [3.05, 3.63) is 23.4 Å². The number of halogens is 1. The van der Waals surface area contributed by atoms with Crippen molar-refractivity contribution in [1.82, 2.24) is 9.88 Å². The highest BCUT2D eigenvalue weighted by molar-refractivity contribution is 6.17. The molecule has 0 radical (unpaired) electrons. The molecule has 0 spiro atoms. The van der Waals surface area contributed by atoms with E-state index in [-0.39, 0.29) is 0 Å². The Labute approximate surface area is 133 Å². The lowest BCUT2D eigenvalue weighted by Gasteiger charge is -2.43. The van der Waals surface area contributed by atoms with Crippen molar-refractivity contribution in [1.29, 1.82) is 0 Å². The Balaban J connectivity index is 1.85. The Morgan fingerprint density at radius 1 is 1.33 bits per heavy atom. The van der Waals surface area contributed by atoms with Crippen LogP contribution in [-0.4, -0.2) is 41.6 Å². The van der Waals surface area contributed by atoms with Crippen molar-refractivity contribution in [3.63, 3.8) is 0 Å². The van der Waals surface area contributed by atoms with E-state index in [1.165, 1.54) is 37.2 Å². The number of rotatable bonds is 4.